The van der Waals surface area contributed by atoms with Crippen LogP contribution in [0.1, 0.15) is 70.4 Å². The molecule has 4 bridgehead atoms. The number of carbonyl (C=O) groups excluding carboxylic acids is 1. The van der Waals surface area contributed by atoms with Crippen LogP contribution in [0.5, 0.6) is 5.75 Å². The molecule has 5 rings (SSSR count). The predicted molar refractivity (Wildman–Crippen MR) is 108 cm³/mol. The lowest BCUT2D eigenvalue weighted by molar-refractivity contribution is -0.128. The van der Waals surface area contributed by atoms with Crippen LogP contribution in [0, 0.1) is 17.3 Å². The third-order valence-electron chi connectivity index (χ3n) is 6.72. The van der Waals surface area contributed by atoms with Crippen LogP contribution in [-0.2, 0) is 4.79 Å². The molecule has 4 aliphatic rings. The van der Waals surface area contributed by atoms with Gasteiger partial charge >= 0.3 is 0 Å². The Morgan fingerprint density at radius 1 is 1.23 bits per heavy atom. The van der Waals surface area contributed by atoms with Gasteiger partial charge in [-0.15, -0.1) is 0 Å². The molecule has 4 heteroatoms. The van der Waals surface area contributed by atoms with Crippen molar-refractivity contribution in [3.8, 4) is 5.75 Å². The lowest BCUT2D eigenvalue weighted by Gasteiger charge is -2.60. The molecule has 0 radical (unpaired) electrons. The third-order valence-corrected chi connectivity index (χ3v) is 7.64. The van der Waals surface area contributed by atoms with E-state index in [9.17, 15) is 4.79 Å². The standard InChI is InChI=1S/C22H30BrNO2/c1-3-26-19-6-4-18(5-7-19)15(2)24-20(25)13-21-9-16-8-17(10-21)12-22(23,11-16)14-21/h4-7,15-17H,3,8-14H2,1-2H3,(H,24,25)/t15-,16-,17-,21?,22?/m1/s1. The van der Waals surface area contributed by atoms with Gasteiger partial charge in [0.2, 0.25) is 5.91 Å². The van der Waals surface area contributed by atoms with E-state index in [0.29, 0.717) is 17.4 Å². The van der Waals surface area contributed by atoms with Gasteiger partial charge in [0.15, 0.2) is 0 Å². The average Bonchev–Trinajstić information content (AvgIpc) is 2.52. The van der Waals surface area contributed by atoms with Crippen LogP contribution in [0.4, 0.5) is 0 Å². The quantitative estimate of drug-likeness (QED) is 0.627. The van der Waals surface area contributed by atoms with E-state index < -0.39 is 0 Å². The predicted octanol–water partition coefficient (Wildman–Crippen LogP) is 5.39. The molecule has 3 nitrogen and oxygen atoms in total. The van der Waals surface area contributed by atoms with Crippen LogP contribution in [0.3, 0.4) is 0 Å². The van der Waals surface area contributed by atoms with Gasteiger partial charge in [-0.1, -0.05) is 28.1 Å². The molecule has 0 unspecified atom stereocenters. The van der Waals surface area contributed by atoms with Crippen molar-refractivity contribution in [3.63, 3.8) is 0 Å². The molecule has 4 saturated carbocycles. The number of halogens is 1. The highest BCUT2D eigenvalue weighted by molar-refractivity contribution is 9.10. The maximum Gasteiger partial charge on any atom is 0.221 e. The van der Waals surface area contributed by atoms with Crippen LogP contribution < -0.4 is 10.1 Å². The van der Waals surface area contributed by atoms with Crippen LogP contribution >= 0.6 is 15.9 Å². The maximum atomic E-state index is 12.8. The smallest absolute Gasteiger partial charge is 0.221 e. The number of rotatable bonds is 6. The molecule has 1 amide bonds. The molecule has 3 atom stereocenters. The van der Waals surface area contributed by atoms with E-state index in [2.05, 4.69) is 28.2 Å². The fraction of sp³-hybridized carbons (Fsp3) is 0.682. The van der Waals surface area contributed by atoms with Gasteiger partial charge < -0.3 is 10.1 Å². The fourth-order valence-electron chi connectivity index (χ4n) is 6.28. The summed E-state index contributed by atoms with van der Waals surface area (Å²) in [6.45, 7) is 4.72. The Morgan fingerprint density at radius 2 is 1.88 bits per heavy atom. The van der Waals surface area contributed by atoms with Crippen molar-refractivity contribution in [3.05, 3.63) is 29.8 Å². The summed E-state index contributed by atoms with van der Waals surface area (Å²) in [6, 6.07) is 8.09. The minimum Gasteiger partial charge on any atom is -0.494 e. The number of alkyl halides is 1. The summed E-state index contributed by atoms with van der Waals surface area (Å²) < 4.78 is 5.82. The first-order valence-corrected chi connectivity index (χ1v) is 10.9. The second kappa shape index (κ2) is 6.85. The zero-order chi connectivity index (χ0) is 18.4. The number of nitrogens with one attached hydrogen (secondary N) is 1. The van der Waals surface area contributed by atoms with Gasteiger partial charge in [0, 0.05) is 10.7 Å². The zero-order valence-corrected chi connectivity index (χ0v) is 17.5. The second-order valence-corrected chi connectivity index (χ2v) is 10.8. The molecule has 1 N–H and O–H groups in total. The highest BCUT2D eigenvalue weighted by Gasteiger charge is 2.57. The van der Waals surface area contributed by atoms with Gasteiger partial charge in [-0.05, 0) is 87.3 Å². The lowest BCUT2D eigenvalue weighted by Crippen LogP contribution is -2.54. The molecule has 1 aromatic carbocycles. The van der Waals surface area contributed by atoms with Crippen molar-refractivity contribution in [2.75, 3.05) is 6.61 Å². The SMILES string of the molecule is CCOc1ccc([C@@H](C)NC(=O)CC23C[C@H]4C[C@@H](CC(Br)(C4)C2)C3)cc1. The van der Waals surface area contributed by atoms with Gasteiger partial charge in [-0.3, -0.25) is 4.79 Å². The summed E-state index contributed by atoms with van der Waals surface area (Å²) in [6.07, 6.45) is 8.39. The lowest BCUT2D eigenvalue weighted by atomic mass is 9.48. The summed E-state index contributed by atoms with van der Waals surface area (Å²) in [7, 11) is 0. The van der Waals surface area contributed by atoms with Gasteiger partial charge in [0.25, 0.3) is 0 Å². The Bertz CT molecular complexity index is 657. The minimum absolute atomic E-state index is 0.0324. The number of hydrogen-bond acceptors (Lipinski definition) is 2. The molecule has 0 aliphatic heterocycles. The number of benzene rings is 1. The molecule has 0 spiro atoms. The fourth-order valence-corrected chi connectivity index (χ4v) is 7.79. The monoisotopic (exact) mass is 419 g/mol. The van der Waals surface area contributed by atoms with E-state index >= 15 is 0 Å². The first kappa shape index (κ1) is 18.3. The Balaban J connectivity index is 1.38. The van der Waals surface area contributed by atoms with Crippen LogP contribution in [0.15, 0.2) is 24.3 Å². The van der Waals surface area contributed by atoms with Gasteiger partial charge in [0.05, 0.1) is 12.6 Å². The van der Waals surface area contributed by atoms with Crippen molar-refractivity contribution in [1.82, 2.24) is 5.32 Å². The molecule has 26 heavy (non-hydrogen) atoms. The van der Waals surface area contributed by atoms with E-state index in [-0.39, 0.29) is 17.4 Å². The molecule has 0 heterocycles. The van der Waals surface area contributed by atoms with Crippen LogP contribution in [0.2, 0.25) is 0 Å². The van der Waals surface area contributed by atoms with E-state index in [0.717, 1.165) is 23.1 Å². The number of ether oxygens (including phenoxy) is 1. The largest absolute Gasteiger partial charge is 0.494 e. The van der Waals surface area contributed by atoms with Gasteiger partial charge in [-0.2, -0.15) is 0 Å². The third kappa shape index (κ3) is 3.67. The van der Waals surface area contributed by atoms with E-state index in [4.69, 9.17) is 4.74 Å². The molecule has 0 aromatic heterocycles. The first-order valence-electron chi connectivity index (χ1n) is 10.1. The Hall–Kier alpha value is -1.03. The molecule has 1 aromatic rings. The topological polar surface area (TPSA) is 38.3 Å². The molecule has 4 fully saturated rings. The van der Waals surface area contributed by atoms with E-state index in [1.807, 2.05) is 31.2 Å². The number of hydrogen-bond donors (Lipinski definition) is 1. The zero-order valence-electron chi connectivity index (χ0n) is 15.9. The normalized spacial score (nSPS) is 36.0. The Kier molecular flexibility index (Phi) is 4.83. The van der Waals surface area contributed by atoms with Crippen LogP contribution in [0.25, 0.3) is 0 Å². The highest BCUT2D eigenvalue weighted by Crippen LogP contribution is 2.65. The van der Waals surface area contributed by atoms with Crippen molar-refractivity contribution >= 4 is 21.8 Å². The van der Waals surface area contributed by atoms with Crippen molar-refractivity contribution < 1.29 is 9.53 Å². The summed E-state index contributed by atoms with van der Waals surface area (Å²) in [5, 5.41) is 3.24. The van der Waals surface area contributed by atoms with E-state index in [1.165, 1.54) is 38.5 Å². The molecular weight excluding hydrogens is 390 g/mol. The van der Waals surface area contributed by atoms with Crippen molar-refractivity contribution in [2.45, 2.75) is 69.2 Å². The van der Waals surface area contributed by atoms with Gasteiger partial charge in [-0.25, -0.2) is 0 Å². The number of carbonyl (C=O) groups is 1. The highest BCUT2D eigenvalue weighted by atomic mass is 79.9. The van der Waals surface area contributed by atoms with Crippen LogP contribution in [-0.4, -0.2) is 16.8 Å². The molecule has 142 valence electrons. The summed E-state index contributed by atoms with van der Waals surface area (Å²) >= 11 is 4.05. The van der Waals surface area contributed by atoms with Crippen molar-refractivity contribution in [2.24, 2.45) is 17.3 Å². The van der Waals surface area contributed by atoms with Gasteiger partial charge in [0.1, 0.15) is 5.75 Å². The number of amides is 1. The maximum absolute atomic E-state index is 12.8. The molecular formula is C22H30BrNO2. The summed E-state index contributed by atoms with van der Waals surface area (Å²) in [4.78, 5) is 12.8. The first-order chi connectivity index (χ1) is 12.4. The molecule has 4 aliphatic carbocycles. The molecule has 0 saturated heterocycles. The second-order valence-electron chi connectivity index (χ2n) is 9.08. The van der Waals surface area contributed by atoms with Crippen molar-refractivity contribution in [1.29, 1.82) is 0 Å². The Labute approximate surface area is 165 Å². The minimum atomic E-state index is 0.0324. The Morgan fingerprint density at radius 3 is 2.46 bits per heavy atom. The summed E-state index contributed by atoms with van der Waals surface area (Å²) in [5.74, 6) is 2.74. The van der Waals surface area contributed by atoms with E-state index in [1.54, 1.807) is 0 Å². The summed E-state index contributed by atoms with van der Waals surface area (Å²) in [5.41, 5.74) is 1.36. The average molecular weight is 420 g/mol.